The molecule has 1 amide bonds. The van der Waals surface area contributed by atoms with Crippen LogP contribution in [-0.2, 0) is 6.42 Å². The molecule has 1 fully saturated rings. The molecule has 1 aromatic carbocycles. The van der Waals surface area contributed by atoms with Gasteiger partial charge in [0.05, 0.1) is 5.56 Å². The largest absolute Gasteiger partial charge is 0.478 e. The molecule has 1 saturated heterocycles. The molecular formula is C18H20N4O3. The zero-order valence-electron chi connectivity index (χ0n) is 13.8. The average Bonchev–Trinajstić information content (AvgIpc) is 2.62. The zero-order valence-corrected chi connectivity index (χ0v) is 13.8. The van der Waals surface area contributed by atoms with Gasteiger partial charge in [-0.05, 0) is 36.8 Å². The number of anilines is 1. The molecule has 3 rings (SSSR count). The Kier molecular flexibility index (Phi) is 4.92. The number of benzene rings is 1. The molecule has 130 valence electrons. The molecule has 0 unspecified atom stereocenters. The topological polar surface area (TPSA) is 109 Å². The summed E-state index contributed by atoms with van der Waals surface area (Å²) in [6.45, 7) is 1.21. The van der Waals surface area contributed by atoms with Crippen LogP contribution in [0.5, 0.6) is 0 Å². The molecule has 1 aliphatic heterocycles. The van der Waals surface area contributed by atoms with Crippen LogP contribution in [-0.4, -0.2) is 44.9 Å². The number of hydrogen-bond acceptors (Lipinski definition) is 5. The molecule has 0 bridgehead atoms. The molecule has 0 spiro atoms. The van der Waals surface area contributed by atoms with Gasteiger partial charge < -0.3 is 15.7 Å². The van der Waals surface area contributed by atoms with Gasteiger partial charge in [-0.3, -0.25) is 4.79 Å². The number of amides is 1. The van der Waals surface area contributed by atoms with E-state index in [0.717, 1.165) is 18.4 Å². The first kappa shape index (κ1) is 16.9. The third-order valence-corrected chi connectivity index (χ3v) is 4.59. The molecule has 0 saturated carbocycles. The van der Waals surface area contributed by atoms with E-state index in [4.69, 9.17) is 5.73 Å². The molecule has 2 heterocycles. The van der Waals surface area contributed by atoms with Crippen LogP contribution < -0.4 is 5.73 Å². The van der Waals surface area contributed by atoms with Crippen molar-refractivity contribution in [3.8, 4) is 0 Å². The number of likely N-dealkylation sites (tertiary alicyclic amines) is 1. The van der Waals surface area contributed by atoms with Crippen molar-refractivity contribution >= 4 is 17.7 Å². The van der Waals surface area contributed by atoms with Gasteiger partial charge in [-0.2, -0.15) is 0 Å². The van der Waals surface area contributed by atoms with Crippen molar-refractivity contribution < 1.29 is 14.7 Å². The Hall–Kier alpha value is -2.96. The fourth-order valence-electron chi connectivity index (χ4n) is 3.22. The summed E-state index contributed by atoms with van der Waals surface area (Å²) in [6.07, 6.45) is 5.26. The lowest BCUT2D eigenvalue weighted by Crippen LogP contribution is -2.39. The van der Waals surface area contributed by atoms with Crippen LogP contribution in [0, 0.1) is 5.92 Å². The van der Waals surface area contributed by atoms with Crippen LogP contribution in [0.15, 0.2) is 36.7 Å². The van der Waals surface area contributed by atoms with Gasteiger partial charge in [-0.25, -0.2) is 14.8 Å². The zero-order chi connectivity index (χ0) is 17.8. The number of nitrogens with zero attached hydrogens (tertiary/aromatic N) is 3. The second kappa shape index (κ2) is 7.29. The smallest absolute Gasteiger partial charge is 0.335 e. The average molecular weight is 340 g/mol. The van der Waals surface area contributed by atoms with Crippen molar-refractivity contribution in [3.63, 3.8) is 0 Å². The summed E-state index contributed by atoms with van der Waals surface area (Å²) in [5.74, 6) is -0.606. The number of carbonyl (C=O) groups is 2. The van der Waals surface area contributed by atoms with Gasteiger partial charge in [0.15, 0.2) is 11.5 Å². The van der Waals surface area contributed by atoms with Crippen molar-refractivity contribution in [2.45, 2.75) is 19.3 Å². The summed E-state index contributed by atoms with van der Waals surface area (Å²) < 4.78 is 0. The monoisotopic (exact) mass is 340 g/mol. The number of aromatic carboxylic acids is 1. The van der Waals surface area contributed by atoms with E-state index in [1.807, 2.05) is 12.1 Å². The van der Waals surface area contributed by atoms with Crippen molar-refractivity contribution in [2.75, 3.05) is 18.8 Å². The first-order valence-electron chi connectivity index (χ1n) is 8.23. The van der Waals surface area contributed by atoms with E-state index in [0.29, 0.717) is 31.0 Å². The Labute approximate surface area is 145 Å². The predicted octanol–water partition coefficient (Wildman–Crippen LogP) is 1.85. The van der Waals surface area contributed by atoms with E-state index >= 15 is 0 Å². The molecule has 1 aliphatic rings. The second-order valence-corrected chi connectivity index (χ2v) is 6.19. The minimum Gasteiger partial charge on any atom is -0.478 e. The molecule has 0 atom stereocenters. The number of hydrogen-bond donors (Lipinski definition) is 2. The van der Waals surface area contributed by atoms with Crippen molar-refractivity contribution in [3.05, 3.63) is 53.5 Å². The number of aromatic nitrogens is 2. The number of carboxylic acids is 1. The number of carbonyl (C=O) groups excluding carboxylic acids is 1. The van der Waals surface area contributed by atoms with E-state index < -0.39 is 5.97 Å². The van der Waals surface area contributed by atoms with Crippen LogP contribution in [0.3, 0.4) is 0 Å². The Balaban J connectivity index is 1.62. The van der Waals surface area contributed by atoms with E-state index in [1.54, 1.807) is 17.0 Å². The summed E-state index contributed by atoms with van der Waals surface area (Å²) in [5.41, 5.74) is 7.12. The lowest BCUT2D eigenvalue weighted by molar-refractivity contribution is 0.0685. The lowest BCUT2D eigenvalue weighted by Gasteiger charge is -2.32. The molecule has 7 nitrogen and oxygen atoms in total. The molecule has 7 heteroatoms. The van der Waals surface area contributed by atoms with Crippen LogP contribution in [0.2, 0.25) is 0 Å². The fraction of sp³-hybridized carbons (Fsp3) is 0.333. The number of piperidine rings is 1. The van der Waals surface area contributed by atoms with Crippen molar-refractivity contribution in [2.24, 2.45) is 5.92 Å². The maximum Gasteiger partial charge on any atom is 0.335 e. The third-order valence-electron chi connectivity index (χ3n) is 4.59. The van der Waals surface area contributed by atoms with Crippen LogP contribution in [0.4, 0.5) is 5.82 Å². The summed E-state index contributed by atoms with van der Waals surface area (Å²) in [5, 5.41) is 9.28. The number of nitrogen functional groups attached to an aromatic ring is 1. The summed E-state index contributed by atoms with van der Waals surface area (Å²) >= 11 is 0. The van der Waals surface area contributed by atoms with Gasteiger partial charge in [0.25, 0.3) is 5.91 Å². The fourth-order valence-corrected chi connectivity index (χ4v) is 3.22. The number of rotatable bonds is 4. The highest BCUT2D eigenvalue weighted by molar-refractivity contribution is 5.96. The summed E-state index contributed by atoms with van der Waals surface area (Å²) in [7, 11) is 0. The lowest BCUT2D eigenvalue weighted by atomic mass is 9.88. The third kappa shape index (κ3) is 3.76. The van der Waals surface area contributed by atoms with Gasteiger partial charge >= 0.3 is 5.97 Å². The SMILES string of the molecule is Nc1nccnc1C(=O)N1CCC(Cc2ccccc2C(=O)O)CC1. The summed E-state index contributed by atoms with van der Waals surface area (Å²) in [4.78, 5) is 33.5. The maximum absolute atomic E-state index is 12.5. The van der Waals surface area contributed by atoms with Gasteiger partial charge in [0.1, 0.15) is 0 Å². The van der Waals surface area contributed by atoms with Crippen LogP contribution in [0.1, 0.15) is 39.3 Å². The molecular weight excluding hydrogens is 320 g/mol. The maximum atomic E-state index is 12.5. The molecule has 0 aliphatic carbocycles. The minimum absolute atomic E-state index is 0.144. The quantitative estimate of drug-likeness (QED) is 0.879. The first-order chi connectivity index (χ1) is 12.1. The van der Waals surface area contributed by atoms with Crippen LogP contribution in [0.25, 0.3) is 0 Å². The normalized spacial score (nSPS) is 15.1. The number of nitrogens with two attached hydrogens (primary N) is 1. The minimum atomic E-state index is -0.902. The van der Waals surface area contributed by atoms with E-state index in [2.05, 4.69) is 9.97 Å². The summed E-state index contributed by atoms with van der Waals surface area (Å²) in [6, 6.07) is 7.09. The Morgan fingerprint density at radius 3 is 2.52 bits per heavy atom. The van der Waals surface area contributed by atoms with E-state index in [1.165, 1.54) is 12.4 Å². The van der Waals surface area contributed by atoms with Crippen molar-refractivity contribution in [1.82, 2.24) is 14.9 Å². The molecule has 1 aromatic heterocycles. The predicted molar refractivity (Wildman–Crippen MR) is 92.2 cm³/mol. The highest BCUT2D eigenvalue weighted by Crippen LogP contribution is 2.24. The van der Waals surface area contributed by atoms with Gasteiger partial charge in [-0.1, -0.05) is 18.2 Å². The van der Waals surface area contributed by atoms with Gasteiger partial charge in [-0.15, -0.1) is 0 Å². The molecule has 2 aromatic rings. The van der Waals surface area contributed by atoms with Crippen LogP contribution >= 0.6 is 0 Å². The number of carboxylic acid groups (broad SMARTS) is 1. The molecule has 0 radical (unpaired) electrons. The van der Waals surface area contributed by atoms with E-state index in [9.17, 15) is 14.7 Å². The Morgan fingerprint density at radius 1 is 1.16 bits per heavy atom. The highest BCUT2D eigenvalue weighted by atomic mass is 16.4. The first-order valence-corrected chi connectivity index (χ1v) is 8.23. The van der Waals surface area contributed by atoms with Gasteiger partial charge in [0, 0.05) is 25.5 Å². The van der Waals surface area contributed by atoms with Crippen molar-refractivity contribution in [1.29, 1.82) is 0 Å². The standard InChI is InChI=1S/C18H20N4O3/c19-16-15(20-7-8-21-16)17(23)22-9-5-12(6-10-22)11-13-3-1-2-4-14(13)18(24)25/h1-4,7-8,12H,5-6,9-11H2,(H2,19,21)(H,24,25). The Morgan fingerprint density at radius 2 is 1.84 bits per heavy atom. The molecule has 3 N–H and O–H groups in total. The highest BCUT2D eigenvalue weighted by Gasteiger charge is 2.26. The van der Waals surface area contributed by atoms with Gasteiger partial charge in [0.2, 0.25) is 0 Å². The Bertz CT molecular complexity index is 785. The van der Waals surface area contributed by atoms with E-state index in [-0.39, 0.29) is 17.4 Å². The molecule has 25 heavy (non-hydrogen) atoms. The second-order valence-electron chi connectivity index (χ2n) is 6.19.